The van der Waals surface area contributed by atoms with Crippen LogP contribution in [0.3, 0.4) is 0 Å². The van der Waals surface area contributed by atoms with E-state index in [1.54, 1.807) is 16.8 Å². The highest BCUT2D eigenvalue weighted by molar-refractivity contribution is 5.90. The molecular formula is C24H31FN6O5. The summed E-state index contributed by atoms with van der Waals surface area (Å²) in [5.74, 6) is -1.10. The van der Waals surface area contributed by atoms with Gasteiger partial charge in [0.2, 0.25) is 5.91 Å². The summed E-state index contributed by atoms with van der Waals surface area (Å²) in [6, 6.07) is 3.97. The van der Waals surface area contributed by atoms with Crippen molar-refractivity contribution in [2.45, 2.75) is 52.6 Å². The van der Waals surface area contributed by atoms with Gasteiger partial charge >= 0.3 is 12.1 Å². The van der Waals surface area contributed by atoms with Gasteiger partial charge in [0.1, 0.15) is 24.6 Å². The summed E-state index contributed by atoms with van der Waals surface area (Å²) in [5, 5.41) is 7.15. The molecule has 1 unspecified atom stereocenters. The zero-order chi connectivity index (χ0) is 26.0. The van der Waals surface area contributed by atoms with E-state index in [2.05, 4.69) is 10.4 Å². The third-order valence-electron chi connectivity index (χ3n) is 6.22. The quantitative estimate of drug-likeness (QED) is 0.494. The molecule has 36 heavy (non-hydrogen) atoms. The molecule has 2 amide bonds. The fraction of sp³-hybridized carbons (Fsp3) is 0.500. The molecule has 12 heteroatoms. The second-order valence-corrected chi connectivity index (χ2v) is 9.35. The zero-order valence-corrected chi connectivity index (χ0v) is 20.6. The molecule has 2 aliphatic rings. The summed E-state index contributed by atoms with van der Waals surface area (Å²) < 4.78 is 27.2. The van der Waals surface area contributed by atoms with E-state index in [0.29, 0.717) is 31.0 Å². The summed E-state index contributed by atoms with van der Waals surface area (Å²) in [6.07, 6.45) is 0.794. The Morgan fingerprint density at radius 3 is 2.78 bits per heavy atom. The Bertz CT molecular complexity index is 1130. The lowest BCUT2D eigenvalue weighted by Crippen LogP contribution is -2.37. The van der Waals surface area contributed by atoms with Crippen LogP contribution in [-0.2, 0) is 38.7 Å². The summed E-state index contributed by atoms with van der Waals surface area (Å²) in [5.41, 5.74) is 8.37. The molecule has 0 saturated carbocycles. The van der Waals surface area contributed by atoms with Gasteiger partial charge in [0.25, 0.3) is 0 Å². The largest absolute Gasteiger partial charge is 0.463 e. The van der Waals surface area contributed by atoms with Crippen molar-refractivity contribution in [2.24, 2.45) is 11.7 Å². The van der Waals surface area contributed by atoms with E-state index in [1.165, 1.54) is 17.9 Å². The number of anilines is 2. The highest BCUT2D eigenvalue weighted by Gasteiger charge is 2.33. The first-order valence-electron chi connectivity index (χ1n) is 11.9. The Kier molecular flexibility index (Phi) is 7.43. The number of hydrogen-bond acceptors (Lipinski definition) is 8. The predicted molar refractivity (Wildman–Crippen MR) is 129 cm³/mol. The van der Waals surface area contributed by atoms with Gasteiger partial charge in [-0.25, -0.2) is 9.18 Å². The Morgan fingerprint density at radius 2 is 2.11 bits per heavy atom. The van der Waals surface area contributed by atoms with Crippen LogP contribution >= 0.6 is 0 Å². The molecule has 194 valence electrons. The lowest BCUT2D eigenvalue weighted by molar-refractivity contribution is -0.146. The lowest BCUT2D eigenvalue weighted by atomic mass is 10.1. The van der Waals surface area contributed by atoms with Crippen LogP contribution in [0, 0.1) is 11.7 Å². The van der Waals surface area contributed by atoms with Gasteiger partial charge in [-0.2, -0.15) is 5.10 Å². The fourth-order valence-corrected chi connectivity index (χ4v) is 4.12. The first-order valence-corrected chi connectivity index (χ1v) is 11.9. The maximum absolute atomic E-state index is 15.0. The Balaban J connectivity index is 1.32. The van der Waals surface area contributed by atoms with Gasteiger partial charge in [0.15, 0.2) is 0 Å². The van der Waals surface area contributed by atoms with Crippen molar-refractivity contribution in [3.8, 4) is 0 Å². The molecule has 0 radical (unpaired) electrons. The molecule has 4 rings (SSSR count). The van der Waals surface area contributed by atoms with Crippen molar-refractivity contribution in [3.05, 3.63) is 41.5 Å². The molecular weight excluding hydrogens is 471 g/mol. The molecule has 11 nitrogen and oxygen atoms in total. The van der Waals surface area contributed by atoms with Crippen LogP contribution in [0.15, 0.2) is 24.4 Å². The van der Waals surface area contributed by atoms with Crippen molar-refractivity contribution in [2.75, 3.05) is 29.5 Å². The van der Waals surface area contributed by atoms with Crippen LogP contribution in [0.4, 0.5) is 20.6 Å². The number of nitrogens with zero attached hydrogens (tertiary/aromatic N) is 4. The molecule has 0 aliphatic carbocycles. The molecule has 2 atom stereocenters. The zero-order valence-electron chi connectivity index (χ0n) is 20.6. The number of ether oxygens (including phenoxy) is 2. The third-order valence-corrected chi connectivity index (χ3v) is 6.22. The van der Waals surface area contributed by atoms with Gasteiger partial charge in [0.05, 0.1) is 43.2 Å². The number of nitrogens with two attached hydrogens (primary N) is 1. The number of carbonyl (C=O) groups excluding carboxylic acids is 3. The molecule has 2 aromatic rings. The van der Waals surface area contributed by atoms with E-state index < -0.39 is 30.0 Å². The summed E-state index contributed by atoms with van der Waals surface area (Å²) in [4.78, 5) is 38.4. The summed E-state index contributed by atoms with van der Waals surface area (Å²) in [6.45, 7) is 7.02. The van der Waals surface area contributed by atoms with Gasteiger partial charge in [-0.1, -0.05) is 13.8 Å². The van der Waals surface area contributed by atoms with Crippen LogP contribution in [-0.4, -0.2) is 59.6 Å². The molecule has 1 aromatic carbocycles. The average molecular weight is 503 g/mol. The number of aromatic nitrogens is 2. The molecule has 3 N–H and O–H groups in total. The van der Waals surface area contributed by atoms with Gasteiger partial charge in [-0.3, -0.25) is 19.2 Å². The Morgan fingerprint density at radius 1 is 1.33 bits per heavy atom. The number of rotatable bonds is 9. The fourth-order valence-electron chi connectivity index (χ4n) is 4.12. The van der Waals surface area contributed by atoms with E-state index in [0.717, 1.165) is 11.3 Å². The van der Waals surface area contributed by atoms with Crippen LogP contribution in [0.25, 0.3) is 0 Å². The van der Waals surface area contributed by atoms with Crippen molar-refractivity contribution in [1.82, 2.24) is 15.1 Å². The Hall–Kier alpha value is -3.67. The number of amides is 2. The second kappa shape index (κ2) is 10.5. The van der Waals surface area contributed by atoms with Crippen molar-refractivity contribution in [1.29, 1.82) is 0 Å². The number of hydrogen-bond donors (Lipinski definition) is 2. The predicted octanol–water partition coefficient (Wildman–Crippen LogP) is 1.53. The molecule has 1 fully saturated rings. The van der Waals surface area contributed by atoms with Crippen LogP contribution < -0.4 is 20.9 Å². The summed E-state index contributed by atoms with van der Waals surface area (Å²) >= 11 is 0. The smallest absolute Gasteiger partial charge is 0.414 e. The van der Waals surface area contributed by atoms with Gasteiger partial charge in [-0.15, -0.1) is 0 Å². The maximum atomic E-state index is 15.0. The third kappa shape index (κ3) is 5.59. The van der Waals surface area contributed by atoms with Gasteiger partial charge in [-0.05, 0) is 24.1 Å². The first kappa shape index (κ1) is 25.4. The van der Waals surface area contributed by atoms with Crippen molar-refractivity contribution in [3.63, 3.8) is 0 Å². The number of esters is 1. The second-order valence-electron chi connectivity index (χ2n) is 9.35. The number of fused-ring (bicyclic) bond motifs is 1. The minimum absolute atomic E-state index is 0.00239. The molecule has 0 bridgehead atoms. The number of halogens is 1. The highest BCUT2D eigenvalue weighted by Crippen LogP contribution is 2.32. The maximum Gasteiger partial charge on any atom is 0.414 e. The van der Waals surface area contributed by atoms with E-state index in [4.69, 9.17) is 15.2 Å². The van der Waals surface area contributed by atoms with Crippen molar-refractivity contribution >= 4 is 29.3 Å². The highest BCUT2D eigenvalue weighted by atomic mass is 19.1. The van der Waals surface area contributed by atoms with Gasteiger partial charge < -0.3 is 25.4 Å². The van der Waals surface area contributed by atoms with Crippen LogP contribution in [0.2, 0.25) is 0 Å². The molecule has 0 spiro atoms. The molecule has 2 aliphatic heterocycles. The normalized spacial score (nSPS) is 17.8. The molecule has 1 saturated heterocycles. The number of cyclic esters (lactones) is 1. The summed E-state index contributed by atoms with van der Waals surface area (Å²) in [7, 11) is 0. The van der Waals surface area contributed by atoms with E-state index in [1.807, 2.05) is 24.9 Å². The van der Waals surface area contributed by atoms with E-state index in [-0.39, 0.29) is 31.5 Å². The number of carbonyl (C=O) groups is 3. The lowest BCUT2D eigenvalue weighted by Gasteiger charge is -2.21. The van der Waals surface area contributed by atoms with Crippen molar-refractivity contribution < 1.29 is 28.2 Å². The minimum atomic E-state index is -0.649. The van der Waals surface area contributed by atoms with Crippen LogP contribution in [0.5, 0.6) is 0 Å². The monoisotopic (exact) mass is 502 g/mol. The first-order chi connectivity index (χ1) is 17.1. The van der Waals surface area contributed by atoms with Crippen LogP contribution in [0.1, 0.15) is 32.0 Å². The Labute approximate surface area is 208 Å². The average Bonchev–Trinajstić information content (AvgIpc) is 3.49. The number of nitrogens with one attached hydrogen (secondary N) is 1. The SMILES string of the molecule is CC(=O)NC[C@H]1CN(c2ccc(N3Cc4cn(CCOC(=O)C(N)C(C)C)nc4C3)c(F)c2)C(=O)O1. The standard InChI is InChI=1S/C24H31FN6O5/c1-14(2)22(26)23(33)35-7-6-30-11-16-10-29(13-20(16)28-30)21-5-4-17(8-19(21)25)31-12-18(36-24(31)34)9-27-15(3)32/h4-5,8,11,14,18,22H,6-7,9-10,12-13,26H2,1-3H3,(H,27,32)/t18-,22?/m0/s1. The molecule has 1 aromatic heterocycles. The topological polar surface area (TPSA) is 132 Å². The van der Waals surface area contributed by atoms with E-state index in [9.17, 15) is 14.4 Å². The number of benzene rings is 1. The van der Waals surface area contributed by atoms with Gasteiger partial charge in [0, 0.05) is 25.2 Å². The minimum Gasteiger partial charge on any atom is -0.463 e. The van der Waals surface area contributed by atoms with E-state index >= 15 is 4.39 Å². The molecule has 3 heterocycles.